The van der Waals surface area contributed by atoms with E-state index in [0.717, 1.165) is 22.5 Å². The quantitative estimate of drug-likeness (QED) is 0.600. The summed E-state index contributed by atoms with van der Waals surface area (Å²) < 4.78 is 7.14. The summed E-state index contributed by atoms with van der Waals surface area (Å²) in [5.41, 5.74) is 2.93. The standard InChI is InChI=1S/C19H17N5O2/c1-13-6-2-3-8-15(13)19-22-18(26-23-19)10-17(25)21-12-16-20-11-14-7-4-5-9-24(14)16/h2-9,11H,10,12H2,1H3,(H,21,25). The van der Waals surface area contributed by atoms with Gasteiger partial charge in [0.2, 0.25) is 17.6 Å². The van der Waals surface area contributed by atoms with Crippen molar-refractivity contribution in [1.29, 1.82) is 0 Å². The van der Waals surface area contributed by atoms with E-state index in [1.165, 1.54) is 0 Å². The molecule has 3 heterocycles. The lowest BCUT2D eigenvalue weighted by Crippen LogP contribution is -2.25. The summed E-state index contributed by atoms with van der Waals surface area (Å²) in [7, 11) is 0. The van der Waals surface area contributed by atoms with E-state index in [0.29, 0.717) is 12.4 Å². The van der Waals surface area contributed by atoms with Crippen molar-refractivity contribution in [1.82, 2.24) is 24.8 Å². The normalized spacial score (nSPS) is 11.0. The number of amides is 1. The third-order valence-corrected chi connectivity index (χ3v) is 4.12. The van der Waals surface area contributed by atoms with Gasteiger partial charge >= 0.3 is 0 Å². The fraction of sp³-hybridized carbons (Fsp3) is 0.158. The minimum Gasteiger partial charge on any atom is -0.348 e. The number of benzene rings is 1. The molecule has 1 N–H and O–H groups in total. The largest absolute Gasteiger partial charge is 0.348 e. The lowest BCUT2D eigenvalue weighted by Gasteiger charge is -2.03. The predicted molar refractivity (Wildman–Crippen MR) is 95.2 cm³/mol. The van der Waals surface area contributed by atoms with Crippen LogP contribution in [0.3, 0.4) is 0 Å². The first-order valence-electron chi connectivity index (χ1n) is 8.27. The summed E-state index contributed by atoms with van der Waals surface area (Å²) in [5, 5.41) is 6.80. The van der Waals surface area contributed by atoms with Gasteiger partial charge in [-0.2, -0.15) is 4.98 Å². The lowest BCUT2D eigenvalue weighted by atomic mass is 10.1. The van der Waals surface area contributed by atoms with Gasteiger partial charge in [0.15, 0.2) is 0 Å². The molecule has 4 rings (SSSR count). The van der Waals surface area contributed by atoms with Crippen LogP contribution in [0.5, 0.6) is 0 Å². The van der Waals surface area contributed by atoms with Crippen molar-refractivity contribution >= 4 is 11.4 Å². The second-order valence-electron chi connectivity index (χ2n) is 5.95. The zero-order chi connectivity index (χ0) is 17.9. The molecule has 0 fully saturated rings. The number of nitrogens with one attached hydrogen (secondary N) is 1. The number of rotatable bonds is 5. The highest BCUT2D eigenvalue weighted by Gasteiger charge is 2.14. The number of hydrogen-bond donors (Lipinski definition) is 1. The highest BCUT2D eigenvalue weighted by molar-refractivity contribution is 5.77. The number of pyridine rings is 1. The van der Waals surface area contributed by atoms with Gasteiger partial charge in [-0.15, -0.1) is 0 Å². The van der Waals surface area contributed by atoms with Gasteiger partial charge in [0.1, 0.15) is 12.2 Å². The van der Waals surface area contributed by atoms with Crippen LogP contribution in [0.1, 0.15) is 17.3 Å². The van der Waals surface area contributed by atoms with E-state index in [4.69, 9.17) is 4.52 Å². The average Bonchev–Trinajstić information content (AvgIpc) is 3.27. The molecule has 0 saturated carbocycles. The Hall–Kier alpha value is -3.48. The van der Waals surface area contributed by atoms with Crippen molar-refractivity contribution in [3.8, 4) is 11.4 Å². The van der Waals surface area contributed by atoms with Crippen molar-refractivity contribution in [2.75, 3.05) is 0 Å². The maximum absolute atomic E-state index is 12.2. The van der Waals surface area contributed by atoms with Crippen LogP contribution >= 0.6 is 0 Å². The monoisotopic (exact) mass is 347 g/mol. The fourth-order valence-corrected chi connectivity index (χ4v) is 2.77. The van der Waals surface area contributed by atoms with Crippen LogP contribution in [0.25, 0.3) is 16.9 Å². The molecule has 0 unspecified atom stereocenters. The molecule has 1 amide bonds. The molecule has 0 radical (unpaired) electrons. The topological polar surface area (TPSA) is 85.3 Å². The molecule has 1 aromatic carbocycles. The molecule has 0 aliphatic rings. The van der Waals surface area contributed by atoms with Crippen LogP contribution in [-0.4, -0.2) is 25.4 Å². The van der Waals surface area contributed by atoms with E-state index in [1.807, 2.05) is 60.0 Å². The van der Waals surface area contributed by atoms with Gasteiger partial charge in [0.05, 0.1) is 18.3 Å². The van der Waals surface area contributed by atoms with Crippen molar-refractivity contribution in [3.05, 3.63) is 72.1 Å². The van der Waals surface area contributed by atoms with Crippen molar-refractivity contribution in [3.63, 3.8) is 0 Å². The molecule has 0 atom stereocenters. The minimum atomic E-state index is -0.197. The summed E-state index contributed by atoms with van der Waals surface area (Å²) in [6.45, 7) is 2.31. The van der Waals surface area contributed by atoms with E-state index in [2.05, 4.69) is 20.4 Å². The van der Waals surface area contributed by atoms with Crippen LogP contribution in [0, 0.1) is 6.92 Å². The van der Waals surface area contributed by atoms with Gasteiger partial charge in [-0.1, -0.05) is 35.5 Å². The zero-order valence-corrected chi connectivity index (χ0v) is 14.2. The van der Waals surface area contributed by atoms with Gasteiger partial charge < -0.3 is 14.2 Å². The molecule has 0 bridgehead atoms. The van der Waals surface area contributed by atoms with Crippen molar-refractivity contribution in [2.24, 2.45) is 0 Å². The summed E-state index contributed by atoms with van der Waals surface area (Å²) in [6.07, 6.45) is 3.71. The number of aromatic nitrogens is 4. The van der Waals surface area contributed by atoms with Gasteiger partial charge in [0.25, 0.3) is 0 Å². The van der Waals surface area contributed by atoms with E-state index in [1.54, 1.807) is 6.20 Å². The molecular formula is C19H17N5O2. The molecule has 0 saturated heterocycles. The van der Waals surface area contributed by atoms with E-state index in [-0.39, 0.29) is 18.2 Å². The Bertz CT molecular complexity index is 1070. The maximum Gasteiger partial charge on any atom is 0.236 e. The Morgan fingerprint density at radius 1 is 1.19 bits per heavy atom. The Kier molecular flexibility index (Phi) is 4.18. The Balaban J connectivity index is 1.40. The number of imidazole rings is 1. The van der Waals surface area contributed by atoms with Crippen LogP contribution in [-0.2, 0) is 17.8 Å². The Labute approximate surface area is 149 Å². The number of nitrogens with zero attached hydrogens (tertiary/aromatic N) is 4. The molecule has 7 heteroatoms. The van der Waals surface area contributed by atoms with Gasteiger partial charge in [0, 0.05) is 11.8 Å². The molecule has 130 valence electrons. The number of fused-ring (bicyclic) bond motifs is 1. The number of hydrogen-bond acceptors (Lipinski definition) is 5. The van der Waals surface area contributed by atoms with Gasteiger partial charge in [-0.3, -0.25) is 4.79 Å². The molecule has 0 spiro atoms. The predicted octanol–water partition coefficient (Wildman–Crippen LogP) is 2.55. The minimum absolute atomic E-state index is 0.0299. The number of carbonyl (C=O) groups excluding carboxylic acids is 1. The summed E-state index contributed by atoms with van der Waals surface area (Å²) in [5.74, 6) is 1.34. The fourth-order valence-electron chi connectivity index (χ4n) is 2.77. The van der Waals surface area contributed by atoms with Crippen molar-refractivity contribution in [2.45, 2.75) is 19.9 Å². The Morgan fingerprint density at radius 3 is 2.92 bits per heavy atom. The lowest BCUT2D eigenvalue weighted by molar-refractivity contribution is -0.121. The Morgan fingerprint density at radius 2 is 2.04 bits per heavy atom. The molecular weight excluding hydrogens is 330 g/mol. The molecule has 7 nitrogen and oxygen atoms in total. The highest BCUT2D eigenvalue weighted by atomic mass is 16.5. The first-order chi connectivity index (χ1) is 12.7. The van der Waals surface area contributed by atoms with Crippen LogP contribution in [0.4, 0.5) is 0 Å². The van der Waals surface area contributed by atoms with E-state index in [9.17, 15) is 4.79 Å². The van der Waals surface area contributed by atoms with Crippen molar-refractivity contribution < 1.29 is 9.32 Å². The maximum atomic E-state index is 12.2. The SMILES string of the molecule is Cc1ccccc1-c1noc(CC(=O)NCc2ncc3ccccn23)n1. The first-order valence-corrected chi connectivity index (χ1v) is 8.27. The average molecular weight is 347 g/mol. The highest BCUT2D eigenvalue weighted by Crippen LogP contribution is 2.19. The third-order valence-electron chi connectivity index (χ3n) is 4.12. The smallest absolute Gasteiger partial charge is 0.236 e. The summed E-state index contributed by atoms with van der Waals surface area (Å²) in [4.78, 5) is 20.8. The number of aryl methyl sites for hydroxylation is 1. The van der Waals surface area contributed by atoms with Crippen LogP contribution < -0.4 is 5.32 Å². The number of carbonyl (C=O) groups is 1. The van der Waals surface area contributed by atoms with Gasteiger partial charge in [-0.25, -0.2) is 4.98 Å². The summed E-state index contributed by atoms with van der Waals surface area (Å²) in [6, 6.07) is 13.6. The molecule has 0 aliphatic carbocycles. The van der Waals surface area contributed by atoms with Gasteiger partial charge in [-0.05, 0) is 24.6 Å². The molecule has 26 heavy (non-hydrogen) atoms. The van der Waals surface area contributed by atoms with Crippen LogP contribution in [0.2, 0.25) is 0 Å². The van der Waals surface area contributed by atoms with E-state index >= 15 is 0 Å². The van der Waals surface area contributed by atoms with Crippen LogP contribution in [0.15, 0.2) is 59.4 Å². The van der Waals surface area contributed by atoms with E-state index < -0.39 is 0 Å². The second kappa shape index (κ2) is 6.79. The second-order valence-corrected chi connectivity index (χ2v) is 5.95. The first kappa shape index (κ1) is 16.0. The summed E-state index contributed by atoms with van der Waals surface area (Å²) >= 11 is 0. The molecule has 3 aromatic heterocycles. The third kappa shape index (κ3) is 3.19. The molecule has 0 aliphatic heterocycles. The molecule has 4 aromatic rings. The zero-order valence-electron chi connectivity index (χ0n) is 14.2.